The predicted octanol–water partition coefficient (Wildman–Crippen LogP) is 2.24. The molecule has 0 saturated heterocycles. The van der Waals surface area contributed by atoms with Crippen molar-refractivity contribution in [2.75, 3.05) is 33.9 Å². The molecule has 1 aromatic rings. The second-order valence-electron chi connectivity index (χ2n) is 6.54. The molecule has 0 spiro atoms. The third kappa shape index (κ3) is 3.56. The Morgan fingerprint density at radius 1 is 1.17 bits per heavy atom. The Morgan fingerprint density at radius 3 is 2.71 bits per heavy atom. The van der Waals surface area contributed by atoms with E-state index in [0.717, 1.165) is 30.8 Å². The summed E-state index contributed by atoms with van der Waals surface area (Å²) in [7, 11) is 3.11. The molecule has 0 aromatic heterocycles. The molecule has 1 saturated carbocycles. The first-order valence-corrected chi connectivity index (χ1v) is 8.61. The van der Waals surface area contributed by atoms with Crippen LogP contribution in [0, 0.1) is 17.8 Å². The standard InChI is InChI=1S/C19H26N2O3/c1-23-17-5-3-4-16(18(17)24-2)19(22)21-9-8-20-12-15-11-13-6-7-14(15)10-13/h3-7,13-15,20H,8-12H2,1-2H3,(H,21,22). The van der Waals surface area contributed by atoms with Crippen molar-refractivity contribution >= 4 is 5.91 Å². The molecule has 24 heavy (non-hydrogen) atoms. The van der Waals surface area contributed by atoms with Gasteiger partial charge < -0.3 is 20.1 Å². The predicted molar refractivity (Wildman–Crippen MR) is 93.6 cm³/mol. The molecule has 3 rings (SSSR count). The Morgan fingerprint density at radius 2 is 2.04 bits per heavy atom. The molecule has 2 aliphatic carbocycles. The second kappa shape index (κ2) is 7.71. The molecule has 5 nitrogen and oxygen atoms in total. The van der Waals surface area contributed by atoms with Gasteiger partial charge >= 0.3 is 0 Å². The van der Waals surface area contributed by atoms with E-state index in [9.17, 15) is 4.79 Å². The lowest BCUT2D eigenvalue weighted by Gasteiger charge is -2.18. The van der Waals surface area contributed by atoms with Gasteiger partial charge in [0, 0.05) is 13.1 Å². The number of methoxy groups -OCH3 is 2. The zero-order valence-corrected chi connectivity index (χ0v) is 14.4. The van der Waals surface area contributed by atoms with Gasteiger partial charge in [0.05, 0.1) is 19.8 Å². The maximum Gasteiger partial charge on any atom is 0.255 e. The SMILES string of the molecule is COc1cccc(C(=O)NCCNCC2CC3C=CC2C3)c1OC. The molecule has 2 aliphatic rings. The van der Waals surface area contributed by atoms with Crippen LogP contribution in [0.25, 0.3) is 0 Å². The van der Waals surface area contributed by atoms with Gasteiger partial charge in [0.1, 0.15) is 0 Å². The van der Waals surface area contributed by atoms with Gasteiger partial charge in [0.2, 0.25) is 0 Å². The average Bonchev–Trinajstić information content (AvgIpc) is 3.23. The molecular weight excluding hydrogens is 304 g/mol. The van der Waals surface area contributed by atoms with Crippen LogP contribution in [0.5, 0.6) is 11.5 Å². The van der Waals surface area contributed by atoms with E-state index in [-0.39, 0.29) is 5.91 Å². The number of para-hydroxylation sites is 1. The summed E-state index contributed by atoms with van der Waals surface area (Å²) in [6.07, 6.45) is 7.38. The second-order valence-corrected chi connectivity index (χ2v) is 6.54. The van der Waals surface area contributed by atoms with Crippen molar-refractivity contribution in [1.29, 1.82) is 0 Å². The Kier molecular flexibility index (Phi) is 5.41. The van der Waals surface area contributed by atoms with Crippen LogP contribution in [0.2, 0.25) is 0 Å². The van der Waals surface area contributed by atoms with Crippen molar-refractivity contribution < 1.29 is 14.3 Å². The van der Waals surface area contributed by atoms with Gasteiger partial charge in [-0.2, -0.15) is 0 Å². The molecule has 3 atom stereocenters. The molecule has 3 unspecified atom stereocenters. The number of fused-ring (bicyclic) bond motifs is 2. The van der Waals surface area contributed by atoms with Crippen LogP contribution in [0.15, 0.2) is 30.4 Å². The molecule has 0 aliphatic heterocycles. The fourth-order valence-electron chi connectivity index (χ4n) is 3.84. The van der Waals surface area contributed by atoms with Crippen molar-refractivity contribution in [1.82, 2.24) is 10.6 Å². The number of benzene rings is 1. The number of amides is 1. The van der Waals surface area contributed by atoms with E-state index in [2.05, 4.69) is 22.8 Å². The zero-order valence-electron chi connectivity index (χ0n) is 14.4. The van der Waals surface area contributed by atoms with E-state index in [4.69, 9.17) is 9.47 Å². The molecular formula is C19H26N2O3. The van der Waals surface area contributed by atoms with Gasteiger partial charge in [-0.25, -0.2) is 0 Å². The Hall–Kier alpha value is -2.01. The molecule has 2 N–H and O–H groups in total. The molecule has 5 heteroatoms. The fourth-order valence-corrected chi connectivity index (χ4v) is 3.84. The number of carbonyl (C=O) groups is 1. The van der Waals surface area contributed by atoms with Gasteiger partial charge in [-0.1, -0.05) is 18.2 Å². The highest BCUT2D eigenvalue weighted by atomic mass is 16.5. The minimum absolute atomic E-state index is 0.143. The van der Waals surface area contributed by atoms with E-state index in [1.165, 1.54) is 12.8 Å². The van der Waals surface area contributed by atoms with E-state index in [1.807, 2.05) is 0 Å². The maximum atomic E-state index is 12.3. The maximum absolute atomic E-state index is 12.3. The van der Waals surface area contributed by atoms with Crippen LogP contribution in [0.4, 0.5) is 0 Å². The van der Waals surface area contributed by atoms with Crippen molar-refractivity contribution in [2.24, 2.45) is 17.8 Å². The smallest absolute Gasteiger partial charge is 0.255 e. The number of hydrogen-bond acceptors (Lipinski definition) is 4. The van der Waals surface area contributed by atoms with Crippen LogP contribution < -0.4 is 20.1 Å². The first kappa shape index (κ1) is 16.8. The molecule has 130 valence electrons. The summed E-state index contributed by atoms with van der Waals surface area (Å²) < 4.78 is 10.5. The van der Waals surface area contributed by atoms with Crippen LogP contribution >= 0.6 is 0 Å². The number of carbonyl (C=O) groups excluding carboxylic acids is 1. The Labute approximate surface area is 143 Å². The Bertz CT molecular complexity index is 615. The molecule has 1 amide bonds. The lowest BCUT2D eigenvalue weighted by atomic mass is 9.94. The summed E-state index contributed by atoms with van der Waals surface area (Å²) in [5.74, 6) is 3.22. The minimum Gasteiger partial charge on any atom is -0.493 e. The van der Waals surface area contributed by atoms with Gasteiger partial charge in [-0.05, 0) is 49.3 Å². The molecule has 2 bridgehead atoms. The molecule has 1 aromatic carbocycles. The average molecular weight is 330 g/mol. The number of nitrogens with one attached hydrogen (secondary N) is 2. The molecule has 1 fully saturated rings. The number of ether oxygens (including phenoxy) is 2. The lowest BCUT2D eigenvalue weighted by Crippen LogP contribution is -2.34. The summed E-state index contributed by atoms with van der Waals surface area (Å²) in [6.45, 7) is 2.40. The summed E-state index contributed by atoms with van der Waals surface area (Å²) in [5.41, 5.74) is 0.495. The summed E-state index contributed by atoms with van der Waals surface area (Å²) in [5, 5.41) is 6.40. The van der Waals surface area contributed by atoms with E-state index >= 15 is 0 Å². The third-order valence-corrected chi connectivity index (χ3v) is 5.06. The molecule has 0 radical (unpaired) electrons. The Balaban J connectivity index is 1.42. The normalized spacial score (nSPS) is 24.2. The highest BCUT2D eigenvalue weighted by Gasteiger charge is 2.34. The summed E-state index contributed by atoms with van der Waals surface area (Å²) in [6, 6.07) is 5.31. The largest absolute Gasteiger partial charge is 0.493 e. The monoisotopic (exact) mass is 330 g/mol. The van der Waals surface area contributed by atoms with Crippen molar-refractivity contribution in [3.05, 3.63) is 35.9 Å². The van der Waals surface area contributed by atoms with E-state index < -0.39 is 0 Å². The topological polar surface area (TPSA) is 59.6 Å². The van der Waals surface area contributed by atoms with Gasteiger partial charge in [-0.3, -0.25) is 4.79 Å². The van der Waals surface area contributed by atoms with Gasteiger partial charge in [0.25, 0.3) is 5.91 Å². The van der Waals surface area contributed by atoms with Gasteiger partial charge in [0.15, 0.2) is 11.5 Å². The molecule has 0 heterocycles. The number of rotatable bonds is 8. The quantitative estimate of drug-likeness (QED) is 0.567. The minimum atomic E-state index is -0.143. The lowest BCUT2D eigenvalue weighted by molar-refractivity contribution is 0.0950. The summed E-state index contributed by atoms with van der Waals surface area (Å²) in [4.78, 5) is 12.3. The van der Waals surface area contributed by atoms with Crippen molar-refractivity contribution in [3.63, 3.8) is 0 Å². The third-order valence-electron chi connectivity index (χ3n) is 5.06. The number of allylic oxidation sites excluding steroid dienone is 2. The van der Waals surface area contributed by atoms with E-state index in [0.29, 0.717) is 23.6 Å². The first-order valence-electron chi connectivity index (χ1n) is 8.61. The van der Waals surface area contributed by atoms with Gasteiger partial charge in [-0.15, -0.1) is 0 Å². The van der Waals surface area contributed by atoms with Crippen LogP contribution in [-0.2, 0) is 0 Å². The van der Waals surface area contributed by atoms with Crippen molar-refractivity contribution in [3.8, 4) is 11.5 Å². The highest BCUT2D eigenvalue weighted by Crippen LogP contribution is 2.42. The van der Waals surface area contributed by atoms with Crippen LogP contribution in [0.3, 0.4) is 0 Å². The van der Waals surface area contributed by atoms with E-state index in [1.54, 1.807) is 32.4 Å². The van der Waals surface area contributed by atoms with Crippen LogP contribution in [0.1, 0.15) is 23.2 Å². The zero-order chi connectivity index (χ0) is 16.9. The first-order chi connectivity index (χ1) is 11.7. The highest BCUT2D eigenvalue weighted by molar-refractivity contribution is 5.97. The number of hydrogen-bond donors (Lipinski definition) is 2. The fraction of sp³-hybridized carbons (Fsp3) is 0.526. The van der Waals surface area contributed by atoms with Crippen molar-refractivity contribution in [2.45, 2.75) is 12.8 Å². The summed E-state index contributed by atoms with van der Waals surface area (Å²) >= 11 is 0. The van der Waals surface area contributed by atoms with Crippen LogP contribution in [-0.4, -0.2) is 39.8 Å².